The van der Waals surface area contributed by atoms with Crippen LogP contribution >= 0.6 is 0 Å². The summed E-state index contributed by atoms with van der Waals surface area (Å²) >= 11 is 0. The average Bonchev–Trinajstić information content (AvgIpc) is 2.56. The number of para-hydroxylation sites is 2. The van der Waals surface area contributed by atoms with Crippen LogP contribution in [-0.4, -0.2) is 23.2 Å². The minimum atomic E-state index is -0.857. The van der Waals surface area contributed by atoms with Gasteiger partial charge in [0.2, 0.25) is 0 Å². The number of hydrogen-bond acceptors (Lipinski definition) is 5. The van der Waals surface area contributed by atoms with Crippen molar-refractivity contribution in [1.29, 1.82) is 0 Å². The van der Waals surface area contributed by atoms with Crippen molar-refractivity contribution in [3.8, 4) is 17.2 Å². The molecule has 5 heteroatoms. The number of benzene rings is 1. The number of nitrogens with two attached hydrogens (primary N) is 1. The molecule has 1 atom stereocenters. The SMILES string of the molecule is CCCCOc1ccccc1Oc1cccnc1C(O)CN. The zero-order chi connectivity index (χ0) is 15.8. The largest absolute Gasteiger partial charge is 0.490 e. The molecule has 2 rings (SSSR count). The van der Waals surface area contributed by atoms with Crippen LogP contribution in [0, 0.1) is 0 Å². The van der Waals surface area contributed by atoms with Crippen LogP contribution in [0.5, 0.6) is 17.2 Å². The summed E-state index contributed by atoms with van der Waals surface area (Å²) in [5.74, 6) is 1.75. The van der Waals surface area contributed by atoms with Crippen molar-refractivity contribution in [2.45, 2.75) is 25.9 Å². The number of pyridine rings is 1. The Morgan fingerprint density at radius 1 is 1.14 bits per heavy atom. The standard InChI is InChI=1S/C17H22N2O3/c1-2-3-11-21-14-7-4-5-8-15(14)22-16-9-6-10-19-17(16)13(20)12-18/h4-10,13,20H,2-3,11-12,18H2,1H3. The average molecular weight is 302 g/mol. The van der Waals surface area contributed by atoms with Gasteiger partial charge in [0.15, 0.2) is 17.2 Å². The molecule has 1 aromatic heterocycles. The third kappa shape index (κ3) is 4.19. The van der Waals surface area contributed by atoms with Gasteiger partial charge in [-0.15, -0.1) is 0 Å². The van der Waals surface area contributed by atoms with E-state index in [1.807, 2.05) is 24.3 Å². The molecule has 0 aliphatic heterocycles. The molecule has 0 spiro atoms. The molecule has 0 saturated carbocycles. The molecule has 1 unspecified atom stereocenters. The second-order valence-corrected chi connectivity index (χ2v) is 4.89. The maximum absolute atomic E-state index is 9.93. The zero-order valence-electron chi connectivity index (χ0n) is 12.7. The van der Waals surface area contributed by atoms with Crippen LogP contribution in [0.25, 0.3) is 0 Å². The smallest absolute Gasteiger partial charge is 0.169 e. The van der Waals surface area contributed by atoms with Gasteiger partial charge in [-0.1, -0.05) is 25.5 Å². The van der Waals surface area contributed by atoms with Gasteiger partial charge < -0.3 is 20.3 Å². The Balaban J connectivity index is 2.20. The van der Waals surface area contributed by atoms with Gasteiger partial charge >= 0.3 is 0 Å². The van der Waals surface area contributed by atoms with Gasteiger partial charge in [-0.25, -0.2) is 0 Å². The van der Waals surface area contributed by atoms with Gasteiger partial charge in [0.05, 0.1) is 6.61 Å². The summed E-state index contributed by atoms with van der Waals surface area (Å²) in [6, 6.07) is 11.0. The van der Waals surface area contributed by atoms with Crippen molar-refractivity contribution in [3.05, 3.63) is 48.3 Å². The molecule has 5 nitrogen and oxygen atoms in total. The Kier molecular flexibility index (Phi) is 6.18. The number of unbranched alkanes of at least 4 members (excludes halogenated alkanes) is 1. The third-order valence-corrected chi connectivity index (χ3v) is 3.16. The number of ether oxygens (including phenoxy) is 2. The third-order valence-electron chi connectivity index (χ3n) is 3.16. The van der Waals surface area contributed by atoms with Gasteiger partial charge in [-0.3, -0.25) is 4.98 Å². The van der Waals surface area contributed by atoms with E-state index < -0.39 is 6.10 Å². The van der Waals surface area contributed by atoms with Crippen LogP contribution in [0.3, 0.4) is 0 Å². The Morgan fingerprint density at radius 3 is 2.59 bits per heavy atom. The van der Waals surface area contributed by atoms with Crippen LogP contribution in [0.2, 0.25) is 0 Å². The van der Waals surface area contributed by atoms with Crippen LogP contribution in [-0.2, 0) is 0 Å². The number of rotatable bonds is 8. The maximum atomic E-state index is 9.93. The van der Waals surface area contributed by atoms with E-state index in [1.165, 1.54) is 0 Å². The van der Waals surface area contributed by atoms with Gasteiger partial charge in [0, 0.05) is 12.7 Å². The Bertz CT molecular complexity index is 590. The van der Waals surface area contributed by atoms with Gasteiger partial charge in [0.1, 0.15) is 11.8 Å². The van der Waals surface area contributed by atoms with Crippen LogP contribution in [0.1, 0.15) is 31.6 Å². The highest BCUT2D eigenvalue weighted by atomic mass is 16.5. The van der Waals surface area contributed by atoms with Crippen molar-refractivity contribution in [3.63, 3.8) is 0 Å². The van der Waals surface area contributed by atoms with Crippen molar-refractivity contribution in [1.82, 2.24) is 4.98 Å². The fourth-order valence-corrected chi connectivity index (χ4v) is 1.95. The second kappa shape index (κ2) is 8.36. The normalized spacial score (nSPS) is 12.0. The minimum Gasteiger partial charge on any atom is -0.490 e. The first kappa shape index (κ1) is 16.3. The van der Waals surface area contributed by atoms with Crippen molar-refractivity contribution in [2.24, 2.45) is 5.73 Å². The van der Waals surface area contributed by atoms with E-state index in [1.54, 1.807) is 18.3 Å². The van der Waals surface area contributed by atoms with E-state index >= 15 is 0 Å². The lowest BCUT2D eigenvalue weighted by Gasteiger charge is -2.16. The molecule has 0 bridgehead atoms. The lowest BCUT2D eigenvalue weighted by Crippen LogP contribution is -2.13. The molecule has 2 aromatic rings. The van der Waals surface area contributed by atoms with E-state index in [0.717, 1.165) is 12.8 Å². The lowest BCUT2D eigenvalue weighted by atomic mass is 10.2. The molecule has 1 aromatic carbocycles. The number of nitrogens with zero attached hydrogens (tertiary/aromatic N) is 1. The van der Waals surface area contributed by atoms with Gasteiger partial charge in [-0.05, 0) is 30.7 Å². The fourth-order valence-electron chi connectivity index (χ4n) is 1.95. The summed E-state index contributed by atoms with van der Waals surface area (Å²) in [5.41, 5.74) is 5.93. The molecule has 22 heavy (non-hydrogen) atoms. The number of aromatic nitrogens is 1. The molecule has 3 N–H and O–H groups in total. The van der Waals surface area contributed by atoms with Crippen LogP contribution in [0.15, 0.2) is 42.6 Å². The minimum absolute atomic E-state index is 0.0853. The highest BCUT2D eigenvalue weighted by Gasteiger charge is 2.15. The predicted molar refractivity (Wildman–Crippen MR) is 85.2 cm³/mol. The van der Waals surface area contributed by atoms with Gasteiger partial charge in [0.25, 0.3) is 0 Å². The topological polar surface area (TPSA) is 77.6 Å². The Morgan fingerprint density at radius 2 is 1.86 bits per heavy atom. The Labute approximate surface area is 130 Å². The predicted octanol–water partition coefficient (Wildman–Crippen LogP) is 3.04. The van der Waals surface area contributed by atoms with E-state index in [-0.39, 0.29) is 6.54 Å². The molecule has 0 amide bonds. The summed E-state index contributed by atoms with van der Waals surface area (Å²) in [7, 11) is 0. The summed E-state index contributed by atoms with van der Waals surface area (Å²) < 4.78 is 11.6. The van der Waals surface area contributed by atoms with E-state index in [4.69, 9.17) is 15.2 Å². The Hall–Kier alpha value is -2.11. The molecule has 1 heterocycles. The van der Waals surface area contributed by atoms with Gasteiger partial charge in [-0.2, -0.15) is 0 Å². The van der Waals surface area contributed by atoms with Crippen molar-refractivity contribution >= 4 is 0 Å². The molecular weight excluding hydrogens is 280 g/mol. The molecule has 0 radical (unpaired) electrons. The van der Waals surface area contributed by atoms with Crippen LogP contribution in [0.4, 0.5) is 0 Å². The first-order valence-corrected chi connectivity index (χ1v) is 7.49. The summed E-state index contributed by atoms with van der Waals surface area (Å²) in [4.78, 5) is 4.15. The van der Waals surface area contributed by atoms with Crippen molar-refractivity contribution in [2.75, 3.05) is 13.2 Å². The highest BCUT2D eigenvalue weighted by Crippen LogP contribution is 2.33. The summed E-state index contributed by atoms with van der Waals surface area (Å²) in [5, 5.41) is 9.93. The lowest BCUT2D eigenvalue weighted by molar-refractivity contribution is 0.178. The highest BCUT2D eigenvalue weighted by molar-refractivity contribution is 5.44. The van der Waals surface area contributed by atoms with E-state index in [9.17, 15) is 5.11 Å². The summed E-state index contributed by atoms with van der Waals surface area (Å²) in [6.07, 6.45) is 2.80. The van der Waals surface area contributed by atoms with Crippen molar-refractivity contribution < 1.29 is 14.6 Å². The number of aliphatic hydroxyl groups is 1. The zero-order valence-corrected chi connectivity index (χ0v) is 12.7. The first-order chi connectivity index (χ1) is 10.8. The second-order valence-electron chi connectivity index (χ2n) is 4.89. The fraction of sp³-hybridized carbons (Fsp3) is 0.353. The van der Waals surface area contributed by atoms with E-state index in [0.29, 0.717) is 29.5 Å². The molecule has 0 saturated heterocycles. The monoisotopic (exact) mass is 302 g/mol. The van der Waals surface area contributed by atoms with Crippen LogP contribution < -0.4 is 15.2 Å². The first-order valence-electron chi connectivity index (χ1n) is 7.49. The molecule has 0 aliphatic carbocycles. The number of aliphatic hydroxyl groups excluding tert-OH is 1. The quantitative estimate of drug-likeness (QED) is 0.733. The number of hydrogen-bond donors (Lipinski definition) is 2. The molecule has 0 aliphatic rings. The van der Waals surface area contributed by atoms with E-state index in [2.05, 4.69) is 11.9 Å². The molecular formula is C17H22N2O3. The molecule has 0 fully saturated rings. The molecule has 118 valence electrons. The maximum Gasteiger partial charge on any atom is 0.169 e. The summed E-state index contributed by atoms with van der Waals surface area (Å²) in [6.45, 7) is 2.84.